The van der Waals surface area contributed by atoms with Crippen molar-refractivity contribution in [3.8, 4) is 81.5 Å². The normalized spacial score (nSPS) is 10.2. The van der Waals surface area contributed by atoms with Gasteiger partial charge in [-0.15, -0.1) is 24.5 Å². The van der Waals surface area contributed by atoms with Gasteiger partial charge in [-0.05, 0) is 301 Å². The minimum absolute atomic E-state index is 0. The molecule has 1 aliphatic carbocycles. The van der Waals surface area contributed by atoms with E-state index < -0.39 is 18.2 Å². The highest BCUT2D eigenvalue weighted by Crippen LogP contribution is 2.38. The molecule has 3 N–H and O–H groups in total. The topological polar surface area (TPSA) is 131 Å². The average molecular weight is 1920 g/mol. The van der Waals surface area contributed by atoms with Crippen LogP contribution in [0.2, 0.25) is 0 Å². The minimum Gasteiger partial charge on any atom is -0.493 e. The zero-order valence-corrected chi connectivity index (χ0v) is 79.4. The summed E-state index contributed by atoms with van der Waals surface area (Å²) in [5.74, 6) is 25.7. The smallest absolute Gasteiger partial charge is 0.493 e. The van der Waals surface area contributed by atoms with Crippen molar-refractivity contribution in [1.29, 1.82) is 0 Å². The molecule has 0 saturated carbocycles. The molecule has 5 heterocycles. The Morgan fingerprint density at radius 3 is 1.50 bits per heavy atom. The number of halogens is 7. The van der Waals surface area contributed by atoms with Crippen LogP contribution in [0.15, 0.2) is 372 Å². The van der Waals surface area contributed by atoms with Gasteiger partial charge in [0.15, 0.2) is 23.0 Å². The molecule has 0 radical (unpaired) electrons. The number of aromatic nitrogens is 2. The maximum atomic E-state index is 11.9. The predicted molar refractivity (Wildman–Crippen MR) is 557 cm³/mol. The summed E-state index contributed by atoms with van der Waals surface area (Å²) >= 11 is 5.11. The average Bonchev–Trinajstić information content (AvgIpc) is 1.64. The van der Waals surface area contributed by atoms with E-state index in [-0.39, 0.29) is 32.3 Å². The maximum absolute atomic E-state index is 11.9. The van der Waals surface area contributed by atoms with Crippen LogP contribution in [0.4, 0.5) is 37.7 Å². The summed E-state index contributed by atoms with van der Waals surface area (Å²) in [6.07, 6.45) is -6.72. The number of carbonyl (C=O) groups excluding carboxylic acids is 1. The quantitative estimate of drug-likeness (QED) is 0.100. The first-order valence-corrected chi connectivity index (χ1v) is 44.5. The van der Waals surface area contributed by atoms with Crippen LogP contribution < -0.4 is 30.0 Å². The van der Waals surface area contributed by atoms with E-state index in [4.69, 9.17) is 24.4 Å². The Hall–Kier alpha value is -15.6. The van der Waals surface area contributed by atoms with Gasteiger partial charge in [-0.2, -0.15) is 13.2 Å². The van der Waals surface area contributed by atoms with E-state index in [1.54, 1.807) is 31.3 Å². The SMILES string of the molecule is C.C.COc1ccc(C)cc1OC(F)(F)F.Cc1cc2ccccc2o1.Cc1ccc(Br)s1.Cc1ccc(C#CC#Cc2ccccc2)cc1.Cc1ccc(C#CC#Cc2ccccc2N)cc1.Cc1ccc(C(=O)Nc2ccccc2)cc1.Cc1ccc(C(F)(F)F)nc1.Cc1ccc2c(c1)Cc1ccccc1-2.Cc1ccc2c(c1)OCO2.Cc1ccc2ccccc2n1.Cc1ccccc1. The van der Waals surface area contributed by atoms with Gasteiger partial charge in [0.25, 0.3) is 5.91 Å². The molecule has 0 bridgehead atoms. The summed E-state index contributed by atoms with van der Waals surface area (Å²) < 4.78 is 96.7. The minimum atomic E-state index is -4.69. The first-order chi connectivity index (χ1) is 64.9. The molecule has 13 aromatic carbocycles. The lowest BCUT2D eigenvalue weighted by molar-refractivity contribution is -0.275. The third kappa shape index (κ3) is 39.6. The second-order valence-electron chi connectivity index (χ2n) is 30.7. The van der Waals surface area contributed by atoms with Crippen LogP contribution in [0.5, 0.6) is 23.0 Å². The van der Waals surface area contributed by atoms with Crippen molar-refractivity contribution in [2.75, 3.05) is 25.0 Å². The Morgan fingerprint density at radius 1 is 0.438 bits per heavy atom. The van der Waals surface area contributed by atoms with Gasteiger partial charge in [-0.1, -0.05) is 285 Å². The molecule has 1 aliphatic heterocycles. The van der Waals surface area contributed by atoms with Crippen LogP contribution in [0.1, 0.15) is 125 Å². The van der Waals surface area contributed by atoms with Crippen molar-refractivity contribution in [3.05, 3.63) is 473 Å². The van der Waals surface area contributed by atoms with Crippen LogP contribution in [-0.2, 0) is 12.6 Å². The summed E-state index contributed by atoms with van der Waals surface area (Å²) in [5, 5.41) is 5.23. The largest absolute Gasteiger partial charge is 0.573 e. The summed E-state index contributed by atoms with van der Waals surface area (Å²) in [4.78, 5) is 20.8. The van der Waals surface area contributed by atoms with E-state index in [0.717, 1.165) is 85.6 Å². The molecule has 0 atom stereocenters. The van der Waals surface area contributed by atoms with Crippen molar-refractivity contribution in [2.24, 2.45) is 0 Å². The van der Waals surface area contributed by atoms with Crippen LogP contribution >= 0.6 is 27.3 Å². The Kier molecular flexibility index (Phi) is 44.7. The highest BCUT2D eigenvalue weighted by atomic mass is 79.9. The van der Waals surface area contributed by atoms with E-state index in [2.05, 4.69) is 209 Å². The molecule has 18 heteroatoms. The molecule has 0 unspecified atom stereocenters. The number of nitrogens with two attached hydrogens (primary N) is 1. The molecule has 698 valence electrons. The fourth-order valence-corrected chi connectivity index (χ4v) is 13.8. The van der Waals surface area contributed by atoms with Crippen LogP contribution in [0, 0.1) is 124 Å². The number of benzene rings is 13. The van der Waals surface area contributed by atoms with Gasteiger partial charge in [-0.3, -0.25) is 14.8 Å². The number of anilines is 2. The van der Waals surface area contributed by atoms with E-state index in [0.29, 0.717) is 23.6 Å². The number of ether oxygens (including phenoxy) is 4. The lowest BCUT2D eigenvalue weighted by Gasteiger charge is -2.12. The number of amides is 1. The Labute approximate surface area is 815 Å². The molecule has 10 nitrogen and oxygen atoms in total. The van der Waals surface area contributed by atoms with Crippen molar-refractivity contribution >= 4 is 66.4 Å². The Balaban J connectivity index is 0.000000207. The molecule has 0 fully saturated rings. The molecule has 0 spiro atoms. The van der Waals surface area contributed by atoms with Crippen LogP contribution in [-0.4, -0.2) is 36.1 Å². The third-order valence-corrected chi connectivity index (χ3v) is 20.8. The maximum Gasteiger partial charge on any atom is 0.573 e. The third-order valence-electron chi connectivity index (χ3n) is 19.3. The number of para-hydroxylation sites is 4. The lowest BCUT2D eigenvalue weighted by atomic mass is 10.0. The van der Waals surface area contributed by atoms with Crippen molar-refractivity contribution in [3.63, 3.8) is 0 Å². The number of hydrogen-bond donors (Lipinski definition) is 2. The second kappa shape index (κ2) is 56.5. The molecular formula is C119H111BrF6N4O6S. The van der Waals surface area contributed by atoms with Gasteiger partial charge < -0.3 is 34.4 Å². The van der Waals surface area contributed by atoms with Crippen LogP contribution in [0.25, 0.3) is 33.0 Å². The van der Waals surface area contributed by atoms with Gasteiger partial charge in [-0.25, -0.2) is 0 Å². The molecule has 137 heavy (non-hydrogen) atoms. The number of nitrogens with one attached hydrogen (secondary N) is 1. The molecular weight excluding hydrogens is 1810 g/mol. The molecule has 2 aliphatic rings. The fraction of sp³-hybridized carbons (Fsp3) is 0.151. The predicted octanol–water partition coefficient (Wildman–Crippen LogP) is 31.6. The number of thiophene rings is 1. The molecule has 17 aromatic rings. The van der Waals surface area contributed by atoms with Crippen molar-refractivity contribution in [1.82, 2.24) is 9.97 Å². The van der Waals surface area contributed by atoms with E-state index in [1.165, 1.54) is 101 Å². The number of nitrogen functional groups attached to an aromatic ring is 1. The number of hydrogen-bond acceptors (Lipinski definition) is 10. The van der Waals surface area contributed by atoms with Gasteiger partial charge in [0, 0.05) is 66.7 Å². The van der Waals surface area contributed by atoms with E-state index in [9.17, 15) is 31.1 Å². The second-order valence-corrected chi connectivity index (χ2v) is 33.4. The number of alkyl halides is 6. The first-order valence-electron chi connectivity index (χ1n) is 42.8. The number of nitrogens with zero attached hydrogens (tertiary/aromatic N) is 2. The van der Waals surface area contributed by atoms with E-state index >= 15 is 0 Å². The van der Waals surface area contributed by atoms with Gasteiger partial charge in [0.2, 0.25) is 6.79 Å². The van der Waals surface area contributed by atoms with Crippen LogP contribution in [0.3, 0.4) is 0 Å². The monoisotopic (exact) mass is 1920 g/mol. The Morgan fingerprint density at radius 2 is 0.934 bits per heavy atom. The summed E-state index contributed by atoms with van der Waals surface area (Å²) in [5.41, 5.74) is 28.7. The molecule has 19 rings (SSSR count). The highest BCUT2D eigenvalue weighted by molar-refractivity contribution is 9.11. The standard InChI is InChI=1S/C17H13N.C17H12.C14H13NO.C14H12.C10H9N.C9H9F3O2.C9H8O.C8H8O2.C7H6F3N.C7H8.C5H5BrS.2CH4/c1-14-10-12-15(13-11-14)6-2-3-7-16-8-4-5-9-17(16)18;1-15-11-13-17(14-12-15)10-6-5-9-16-7-3-2-4-8-16;1-11-7-9-12(10-8-11)14(16)15-13-5-3-2-4-6-13;1-10-6-7-14-12(8-10)9-11-4-2-3-5-13(11)14;1-8-6-7-9-4-2-3-5-10(9)11-8;1-6-3-4-7(13-2)8(5-6)14-9(10,11)12;1-7-6-8-4-2-3-5-9(8)10-7;1-6-2-3-7-8(4-6)10-5-9-7;1-5-2-3-6(11-4-5)7(8,9)10;1-7-5-3-2-4-6-7;1-4-2-3-5(6)7-4;;/h4-5,8-13H,18H2,1H3;2-4,7-8,11-14H,1H3;2-10H,1H3,(H,15,16);2-8H,9H2,1H3;2-7H,1H3;3-5H,1-2H3;2-6H,1H3;2-4H,5H2,1H3;2-4H,1H3;2-6H,1H3;2-3H,1H3;2*1H4. The zero-order chi connectivity index (χ0) is 96.9. The van der Waals surface area contributed by atoms with E-state index in [1.807, 2.05) is 264 Å². The number of fused-ring (bicyclic) bond motifs is 6. The fourth-order valence-electron chi connectivity index (χ4n) is 12.4. The first kappa shape index (κ1) is 108. The highest BCUT2D eigenvalue weighted by Gasteiger charge is 2.33. The summed E-state index contributed by atoms with van der Waals surface area (Å²) in [6, 6.07) is 115. The van der Waals surface area contributed by atoms with Crippen molar-refractivity contribution in [2.45, 2.75) is 110 Å². The lowest BCUT2D eigenvalue weighted by Crippen LogP contribution is -2.17. The number of aryl methyl sites for hydroxylation is 11. The number of carbonyl (C=O) groups is 1. The Bertz CT molecular complexity index is 6830. The molecule has 1 amide bonds. The van der Waals surface area contributed by atoms with Gasteiger partial charge in [0.05, 0.1) is 16.4 Å². The van der Waals surface area contributed by atoms with Crippen molar-refractivity contribution < 1.29 is 54.5 Å². The van der Waals surface area contributed by atoms with Gasteiger partial charge >= 0.3 is 12.5 Å². The zero-order valence-electron chi connectivity index (χ0n) is 77.0. The summed E-state index contributed by atoms with van der Waals surface area (Å²) in [7, 11) is 1.29. The van der Waals surface area contributed by atoms with Gasteiger partial charge in [0.1, 0.15) is 17.0 Å². The summed E-state index contributed by atoms with van der Waals surface area (Å²) in [6.45, 7) is 22.2. The number of pyridine rings is 2. The molecule has 4 aromatic heterocycles. The number of furan rings is 1. The number of rotatable bonds is 4. The molecule has 0 saturated heterocycles. The number of methoxy groups -OCH3 is 1.